The van der Waals surface area contributed by atoms with Crippen LogP contribution in [0.25, 0.3) is 0 Å². The molecule has 98 valence electrons. The van der Waals surface area contributed by atoms with Gasteiger partial charge >= 0.3 is 5.97 Å². The number of halogens is 2. The lowest BCUT2D eigenvalue weighted by Gasteiger charge is -2.08. The van der Waals surface area contributed by atoms with E-state index >= 15 is 0 Å². The second-order valence-corrected chi connectivity index (χ2v) is 6.18. The van der Waals surface area contributed by atoms with Crippen molar-refractivity contribution in [2.45, 2.75) is 0 Å². The number of aromatic carboxylic acids is 1. The molecule has 1 heterocycles. The van der Waals surface area contributed by atoms with Gasteiger partial charge in [0.15, 0.2) is 0 Å². The highest BCUT2D eigenvalue weighted by Crippen LogP contribution is 2.25. The highest BCUT2D eigenvalue weighted by atomic mass is 79.9. The van der Waals surface area contributed by atoms with Gasteiger partial charge in [-0.2, -0.15) is 0 Å². The molecule has 0 saturated carbocycles. The van der Waals surface area contributed by atoms with Gasteiger partial charge in [-0.05, 0) is 30.3 Å². The Balaban J connectivity index is 2.30. The Bertz CT molecular complexity index is 656. The maximum atomic E-state index is 11.9. The van der Waals surface area contributed by atoms with Crippen molar-refractivity contribution in [1.82, 2.24) is 0 Å². The lowest BCUT2D eigenvalue weighted by Crippen LogP contribution is -2.13. The summed E-state index contributed by atoms with van der Waals surface area (Å²) in [6.45, 7) is 0. The number of nitrogens with one attached hydrogen (secondary N) is 1. The number of hydrogen-bond acceptors (Lipinski definition) is 3. The molecule has 0 spiro atoms. The number of rotatable bonds is 3. The molecule has 1 aromatic carbocycles. The quantitative estimate of drug-likeness (QED) is 0.865. The molecule has 0 bridgehead atoms. The Morgan fingerprint density at radius 2 is 2.00 bits per heavy atom. The van der Waals surface area contributed by atoms with Crippen molar-refractivity contribution in [2.24, 2.45) is 0 Å². The summed E-state index contributed by atoms with van der Waals surface area (Å²) in [7, 11) is 0. The first-order valence-corrected chi connectivity index (χ1v) is 7.05. The average Bonchev–Trinajstić information content (AvgIpc) is 2.75. The number of hydrogen-bond donors (Lipinski definition) is 2. The van der Waals surface area contributed by atoms with E-state index in [9.17, 15) is 9.59 Å². The lowest BCUT2D eigenvalue weighted by molar-refractivity contribution is 0.0698. The minimum absolute atomic E-state index is 0.0270. The number of thiophene rings is 1. The topological polar surface area (TPSA) is 66.4 Å². The molecular formula is C12H7BrClNO3S. The van der Waals surface area contributed by atoms with Gasteiger partial charge in [0.05, 0.1) is 20.5 Å². The third kappa shape index (κ3) is 3.34. The van der Waals surface area contributed by atoms with Crippen LogP contribution in [0.15, 0.2) is 34.8 Å². The van der Waals surface area contributed by atoms with Crippen LogP contribution >= 0.6 is 38.9 Å². The van der Waals surface area contributed by atoms with E-state index in [0.29, 0.717) is 13.7 Å². The number of carboxylic acid groups (broad SMARTS) is 1. The third-order valence-corrected chi connectivity index (χ3v) is 3.98. The summed E-state index contributed by atoms with van der Waals surface area (Å²) in [6.07, 6.45) is 0. The van der Waals surface area contributed by atoms with E-state index in [1.54, 1.807) is 18.2 Å². The second kappa shape index (κ2) is 5.73. The molecule has 0 aliphatic heterocycles. The third-order valence-electron chi connectivity index (χ3n) is 2.26. The highest BCUT2D eigenvalue weighted by molar-refractivity contribution is 9.10. The van der Waals surface area contributed by atoms with Gasteiger partial charge in [0.2, 0.25) is 0 Å². The first kappa shape index (κ1) is 14.0. The molecule has 0 aliphatic rings. The second-order valence-electron chi connectivity index (χ2n) is 3.55. The van der Waals surface area contributed by atoms with E-state index in [0.717, 1.165) is 11.3 Å². The molecular weight excluding hydrogens is 354 g/mol. The SMILES string of the molecule is O=C(Nc1cc(Br)ccc1C(=O)O)c1ccc(Cl)s1. The number of anilines is 1. The van der Waals surface area contributed by atoms with Gasteiger partial charge in [0, 0.05) is 4.47 Å². The molecule has 2 aromatic rings. The van der Waals surface area contributed by atoms with E-state index in [4.69, 9.17) is 16.7 Å². The number of carbonyl (C=O) groups excluding carboxylic acids is 1. The Kier molecular flexibility index (Phi) is 4.24. The first-order chi connectivity index (χ1) is 8.97. The van der Waals surface area contributed by atoms with Crippen molar-refractivity contribution < 1.29 is 14.7 Å². The normalized spacial score (nSPS) is 10.2. The highest BCUT2D eigenvalue weighted by Gasteiger charge is 2.15. The molecule has 0 saturated heterocycles. The maximum absolute atomic E-state index is 11.9. The molecule has 2 rings (SSSR count). The lowest BCUT2D eigenvalue weighted by atomic mass is 10.2. The van der Waals surface area contributed by atoms with Gasteiger partial charge in [0.25, 0.3) is 5.91 Å². The number of benzene rings is 1. The Hall–Kier alpha value is -1.37. The standard InChI is InChI=1S/C12H7BrClNO3S/c13-6-1-2-7(12(17)18)8(5-6)15-11(16)9-3-4-10(14)19-9/h1-5H,(H,15,16)(H,17,18). The number of carbonyl (C=O) groups is 2. The van der Waals surface area contributed by atoms with Crippen LogP contribution in [0.3, 0.4) is 0 Å². The van der Waals surface area contributed by atoms with Crippen LogP contribution in [-0.4, -0.2) is 17.0 Å². The first-order valence-electron chi connectivity index (χ1n) is 5.07. The van der Waals surface area contributed by atoms with Crippen molar-refractivity contribution in [3.8, 4) is 0 Å². The van der Waals surface area contributed by atoms with Crippen LogP contribution in [0.4, 0.5) is 5.69 Å². The van der Waals surface area contributed by atoms with E-state index in [-0.39, 0.29) is 11.3 Å². The zero-order valence-corrected chi connectivity index (χ0v) is 12.5. The van der Waals surface area contributed by atoms with E-state index in [1.165, 1.54) is 12.1 Å². The summed E-state index contributed by atoms with van der Waals surface area (Å²) in [5.41, 5.74) is 0.260. The van der Waals surface area contributed by atoms with Gasteiger partial charge < -0.3 is 10.4 Å². The minimum atomic E-state index is -1.10. The van der Waals surface area contributed by atoms with Crippen LogP contribution in [0, 0.1) is 0 Å². The molecule has 7 heteroatoms. The fraction of sp³-hybridized carbons (Fsp3) is 0. The maximum Gasteiger partial charge on any atom is 0.337 e. The van der Waals surface area contributed by atoms with Crippen LogP contribution in [0.2, 0.25) is 4.34 Å². The number of amides is 1. The summed E-state index contributed by atoms with van der Waals surface area (Å²) in [4.78, 5) is 23.4. The van der Waals surface area contributed by atoms with Crippen LogP contribution in [0.5, 0.6) is 0 Å². The zero-order valence-electron chi connectivity index (χ0n) is 9.31. The molecule has 1 amide bonds. The molecule has 0 atom stereocenters. The smallest absolute Gasteiger partial charge is 0.337 e. The molecule has 0 aliphatic carbocycles. The van der Waals surface area contributed by atoms with Crippen molar-refractivity contribution in [3.05, 3.63) is 49.6 Å². The van der Waals surface area contributed by atoms with E-state index < -0.39 is 11.9 Å². The number of carboxylic acids is 1. The van der Waals surface area contributed by atoms with Gasteiger partial charge in [-0.1, -0.05) is 27.5 Å². The molecule has 4 nitrogen and oxygen atoms in total. The van der Waals surface area contributed by atoms with Gasteiger partial charge in [0.1, 0.15) is 0 Å². The summed E-state index contributed by atoms with van der Waals surface area (Å²) in [6, 6.07) is 7.75. The fourth-order valence-corrected chi connectivity index (χ4v) is 2.73. The average molecular weight is 361 g/mol. The summed E-state index contributed by atoms with van der Waals surface area (Å²) in [5.74, 6) is -1.50. The van der Waals surface area contributed by atoms with Crippen molar-refractivity contribution in [2.75, 3.05) is 5.32 Å². The monoisotopic (exact) mass is 359 g/mol. The molecule has 0 unspecified atom stereocenters. The van der Waals surface area contributed by atoms with Crippen molar-refractivity contribution in [1.29, 1.82) is 0 Å². The molecule has 0 fully saturated rings. The Morgan fingerprint density at radius 3 is 2.58 bits per heavy atom. The van der Waals surface area contributed by atoms with Crippen LogP contribution in [0.1, 0.15) is 20.0 Å². The predicted molar refractivity (Wildman–Crippen MR) is 78.4 cm³/mol. The van der Waals surface area contributed by atoms with Gasteiger partial charge in [-0.25, -0.2) is 4.79 Å². The van der Waals surface area contributed by atoms with Gasteiger partial charge in [-0.15, -0.1) is 11.3 Å². The molecule has 1 aromatic heterocycles. The van der Waals surface area contributed by atoms with Crippen LogP contribution in [-0.2, 0) is 0 Å². The fourth-order valence-electron chi connectivity index (χ4n) is 1.43. The van der Waals surface area contributed by atoms with Gasteiger partial charge in [-0.3, -0.25) is 4.79 Å². The van der Waals surface area contributed by atoms with Crippen molar-refractivity contribution in [3.63, 3.8) is 0 Å². The Labute approximate surface area is 126 Å². The minimum Gasteiger partial charge on any atom is -0.478 e. The predicted octanol–water partition coefficient (Wildman–Crippen LogP) is 4.11. The van der Waals surface area contributed by atoms with E-state index in [1.807, 2.05) is 0 Å². The van der Waals surface area contributed by atoms with Crippen LogP contribution < -0.4 is 5.32 Å². The largest absolute Gasteiger partial charge is 0.478 e. The summed E-state index contributed by atoms with van der Waals surface area (Å²) in [5, 5.41) is 11.6. The molecule has 2 N–H and O–H groups in total. The summed E-state index contributed by atoms with van der Waals surface area (Å²) < 4.78 is 1.18. The van der Waals surface area contributed by atoms with E-state index in [2.05, 4.69) is 21.2 Å². The Morgan fingerprint density at radius 1 is 1.26 bits per heavy atom. The zero-order chi connectivity index (χ0) is 14.0. The molecule has 19 heavy (non-hydrogen) atoms. The summed E-state index contributed by atoms with van der Waals surface area (Å²) >= 11 is 10.1. The van der Waals surface area contributed by atoms with Crippen molar-refractivity contribution >= 4 is 56.4 Å². The molecule has 0 radical (unpaired) electrons.